The highest BCUT2D eigenvalue weighted by atomic mass is 32.1. The zero-order chi connectivity index (χ0) is 12.7. The van der Waals surface area contributed by atoms with Gasteiger partial charge in [0.05, 0.1) is 6.07 Å². The molecule has 1 aromatic rings. The zero-order valence-electron chi connectivity index (χ0n) is 8.21. The molecule has 1 heterocycles. The third-order valence-electron chi connectivity index (χ3n) is 2.29. The maximum absolute atomic E-state index is 12.2. The second kappa shape index (κ2) is 3.66. The van der Waals surface area contributed by atoms with Crippen molar-refractivity contribution in [3.63, 3.8) is 0 Å². The van der Waals surface area contributed by atoms with Gasteiger partial charge in [0, 0.05) is 0 Å². The van der Waals surface area contributed by atoms with Crippen LogP contribution in [0.5, 0.6) is 0 Å². The Kier molecular flexibility index (Phi) is 2.54. The molecule has 1 aromatic heterocycles. The second-order valence-electron chi connectivity index (χ2n) is 3.56. The second-order valence-corrected chi connectivity index (χ2v) is 4.54. The minimum Gasteiger partial charge on any atom is -0.299 e. The number of amides is 1. The van der Waals surface area contributed by atoms with E-state index in [0.717, 1.165) is 0 Å². The first-order valence-electron chi connectivity index (χ1n) is 4.51. The molecule has 17 heavy (non-hydrogen) atoms. The molecule has 1 saturated carbocycles. The van der Waals surface area contributed by atoms with E-state index < -0.39 is 22.5 Å². The first-order valence-corrected chi connectivity index (χ1v) is 5.32. The quantitative estimate of drug-likeness (QED) is 0.881. The Morgan fingerprint density at radius 2 is 2.12 bits per heavy atom. The summed E-state index contributed by atoms with van der Waals surface area (Å²) in [5.74, 6) is -0.620. The third-order valence-corrected chi connectivity index (χ3v) is 3.17. The SMILES string of the molecule is N#CC1(C(=O)Nc2nnc(C(F)(F)F)s2)CC1. The van der Waals surface area contributed by atoms with Gasteiger partial charge in [-0.15, -0.1) is 10.2 Å². The third kappa shape index (κ3) is 2.21. The lowest BCUT2D eigenvalue weighted by molar-refractivity contribution is -0.138. The van der Waals surface area contributed by atoms with Crippen LogP contribution in [0, 0.1) is 16.7 Å². The number of aromatic nitrogens is 2. The van der Waals surface area contributed by atoms with Gasteiger partial charge in [-0.3, -0.25) is 10.1 Å². The molecule has 0 saturated heterocycles. The van der Waals surface area contributed by atoms with E-state index in [1.54, 1.807) is 0 Å². The fourth-order valence-electron chi connectivity index (χ4n) is 1.12. The van der Waals surface area contributed by atoms with Gasteiger partial charge < -0.3 is 0 Å². The summed E-state index contributed by atoms with van der Waals surface area (Å²) in [6.45, 7) is 0. The average molecular weight is 262 g/mol. The summed E-state index contributed by atoms with van der Waals surface area (Å²) in [7, 11) is 0. The normalized spacial score (nSPS) is 17.3. The van der Waals surface area contributed by atoms with Crippen LogP contribution in [0.15, 0.2) is 0 Å². The minimum atomic E-state index is -4.58. The number of nitriles is 1. The summed E-state index contributed by atoms with van der Waals surface area (Å²) >= 11 is 0.234. The maximum Gasteiger partial charge on any atom is 0.445 e. The van der Waals surface area contributed by atoms with Crippen molar-refractivity contribution in [1.82, 2.24) is 10.2 Å². The molecule has 90 valence electrons. The largest absolute Gasteiger partial charge is 0.445 e. The van der Waals surface area contributed by atoms with Crippen LogP contribution in [0.3, 0.4) is 0 Å². The molecule has 0 unspecified atom stereocenters. The smallest absolute Gasteiger partial charge is 0.299 e. The Balaban J connectivity index is 2.08. The van der Waals surface area contributed by atoms with Gasteiger partial charge in [0.15, 0.2) is 0 Å². The maximum atomic E-state index is 12.2. The molecule has 1 aliphatic carbocycles. The molecule has 5 nitrogen and oxygen atoms in total. The first kappa shape index (κ1) is 11.8. The van der Waals surface area contributed by atoms with Crippen LogP contribution < -0.4 is 5.32 Å². The highest BCUT2D eigenvalue weighted by Gasteiger charge is 2.51. The molecule has 9 heteroatoms. The van der Waals surface area contributed by atoms with Crippen molar-refractivity contribution in [1.29, 1.82) is 5.26 Å². The molecule has 1 N–H and O–H groups in total. The van der Waals surface area contributed by atoms with Gasteiger partial charge in [0.1, 0.15) is 5.41 Å². The van der Waals surface area contributed by atoms with E-state index >= 15 is 0 Å². The van der Waals surface area contributed by atoms with Crippen molar-refractivity contribution in [2.75, 3.05) is 5.32 Å². The van der Waals surface area contributed by atoms with Crippen molar-refractivity contribution < 1.29 is 18.0 Å². The number of rotatable bonds is 2. The molecule has 1 fully saturated rings. The van der Waals surface area contributed by atoms with Gasteiger partial charge in [0.25, 0.3) is 0 Å². The topological polar surface area (TPSA) is 78.7 Å². The lowest BCUT2D eigenvalue weighted by atomic mass is 10.1. The average Bonchev–Trinajstić information content (AvgIpc) is 2.91. The van der Waals surface area contributed by atoms with Gasteiger partial charge in [0.2, 0.25) is 16.0 Å². The Labute approximate surface area is 97.3 Å². The summed E-state index contributed by atoms with van der Waals surface area (Å²) < 4.78 is 36.6. The highest BCUT2D eigenvalue weighted by molar-refractivity contribution is 7.15. The van der Waals surface area contributed by atoms with E-state index in [0.29, 0.717) is 12.8 Å². The molecular formula is C8H5F3N4OS. The fourth-order valence-corrected chi connectivity index (χ4v) is 1.73. The van der Waals surface area contributed by atoms with Gasteiger partial charge in [-0.2, -0.15) is 18.4 Å². The number of carbonyl (C=O) groups excluding carboxylic acids is 1. The van der Waals surface area contributed by atoms with Gasteiger partial charge in [-0.1, -0.05) is 11.3 Å². The van der Waals surface area contributed by atoms with E-state index in [1.165, 1.54) is 0 Å². The lowest BCUT2D eigenvalue weighted by Crippen LogP contribution is -2.22. The molecule has 0 bridgehead atoms. The van der Waals surface area contributed by atoms with Crippen LogP contribution in [-0.2, 0) is 11.0 Å². The van der Waals surface area contributed by atoms with Crippen LogP contribution in [0.1, 0.15) is 17.8 Å². The molecule has 0 spiro atoms. The summed E-state index contributed by atoms with van der Waals surface area (Å²) in [5, 5.41) is 15.6. The molecule has 1 amide bonds. The van der Waals surface area contributed by atoms with Crippen molar-refractivity contribution in [3.05, 3.63) is 5.01 Å². The van der Waals surface area contributed by atoms with E-state index in [1.807, 2.05) is 6.07 Å². The number of nitrogens with zero attached hydrogens (tertiary/aromatic N) is 3. The molecular weight excluding hydrogens is 257 g/mol. The van der Waals surface area contributed by atoms with E-state index in [-0.39, 0.29) is 16.5 Å². The Hall–Kier alpha value is -1.69. The Morgan fingerprint density at radius 1 is 1.47 bits per heavy atom. The van der Waals surface area contributed by atoms with E-state index in [2.05, 4.69) is 15.5 Å². The number of halogens is 3. The van der Waals surface area contributed by atoms with E-state index in [9.17, 15) is 18.0 Å². The summed E-state index contributed by atoms with van der Waals surface area (Å²) in [6, 6.07) is 1.83. The first-order chi connectivity index (χ1) is 7.87. The molecule has 1 aliphatic rings. The number of hydrogen-bond acceptors (Lipinski definition) is 5. The van der Waals surface area contributed by atoms with Gasteiger partial charge >= 0.3 is 6.18 Å². The summed E-state index contributed by atoms with van der Waals surface area (Å²) in [6.07, 6.45) is -3.74. The summed E-state index contributed by atoms with van der Waals surface area (Å²) in [4.78, 5) is 11.5. The van der Waals surface area contributed by atoms with Crippen molar-refractivity contribution >= 4 is 22.4 Å². The Morgan fingerprint density at radius 3 is 2.53 bits per heavy atom. The van der Waals surface area contributed by atoms with Crippen LogP contribution in [-0.4, -0.2) is 16.1 Å². The zero-order valence-corrected chi connectivity index (χ0v) is 9.02. The lowest BCUT2D eigenvalue weighted by Gasteiger charge is -2.03. The molecule has 0 atom stereocenters. The predicted octanol–water partition coefficient (Wildman–Crippen LogP) is 1.80. The molecule has 0 aromatic carbocycles. The predicted molar refractivity (Wildman–Crippen MR) is 50.8 cm³/mol. The number of hydrogen-bond donors (Lipinski definition) is 1. The van der Waals surface area contributed by atoms with Crippen LogP contribution in [0.4, 0.5) is 18.3 Å². The molecule has 2 rings (SSSR count). The number of anilines is 1. The highest BCUT2D eigenvalue weighted by Crippen LogP contribution is 2.46. The molecule has 0 aliphatic heterocycles. The van der Waals surface area contributed by atoms with Crippen LogP contribution in [0.25, 0.3) is 0 Å². The minimum absolute atomic E-state index is 0.234. The number of alkyl halides is 3. The molecule has 0 radical (unpaired) electrons. The number of nitrogens with one attached hydrogen (secondary N) is 1. The van der Waals surface area contributed by atoms with E-state index in [4.69, 9.17) is 5.26 Å². The van der Waals surface area contributed by atoms with Crippen LogP contribution in [0.2, 0.25) is 0 Å². The van der Waals surface area contributed by atoms with Crippen LogP contribution >= 0.6 is 11.3 Å². The number of carbonyl (C=O) groups is 1. The van der Waals surface area contributed by atoms with Gasteiger partial charge in [-0.05, 0) is 12.8 Å². The van der Waals surface area contributed by atoms with Gasteiger partial charge in [-0.25, -0.2) is 0 Å². The summed E-state index contributed by atoms with van der Waals surface area (Å²) in [5.41, 5.74) is -1.09. The fraction of sp³-hybridized carbons (Fsp3) is 0.500. The standard InChI is InChI=1S/C8H5F3N4OS/c9-8(10,11)5-14-15-6(17-5)13-4(16)7(3-12)1-2-7/h1-2H2,(H,13,15,16). The van der Waals surface area contributed by atoms with Crippen molar-refractivity contribution in [2.45, 2.75) is 19.0 Å². The monoisotopic (exact) mass is 262 g/mol. The Bertz CT molecular complexity index is 500. The van der Waals surface area contributed by atoms with Crippen molar-refractivity contribution in [2.24, 2.45) is 5.41 Å². The van der Waals surface area contributed by atoms with Crippen molar-refractivity contribution in [3.8, 4) is 6.07 Å².